The molecule has 1 fully saturated rings. The van der Waals surface area contributed by atoms with Crippen LogP contribution < -0.4 is 19.7 Å². The van der Waals surface area contributed by atoms with Gasteiger partial charge >= 0.3 is 11.9 Å². The summed E-state index contributed by atoms with van der Waals surface area (Å²) in [5.74, 6) is -3.17. The van der Waals surface area contributed by atoms with Gasteiger partial charge < -0.3 is 15.1 Å². The molecule has 36 heavy (non-hydrogen) atoms. The number of halogens is 1. The van der Waals surface area contributed by atoms with Crippen molar-refractivity contribution in [3.8, 4) is 0 Å². The number of amides is 1. The van der Waals surface area contributed by atoms with E-state index in [0.717, 1.165) is 53.8 Å². The number of allylic oxidation sites excluding steroid dienone is 1. The van der Waals surface area contributed by atoms with Crippen molar-refractivity contribution in [2.45, 2.75) is 25.3 Å². The highest BCUT2D eigenvalue weighted by Crippen LogP contribution is 2.48. The molecule has 0 bridgehead atoms. The fourth-order valence-electron chi connectivity index (χ4n) is 3.69. The SMILES string of the molecule is CCN1/C(=C(C)/C=c2/s/c(=C3\SC(=S)N(CC(=O)O)C3=O)n(CC(=O)O)c2=O)Sc2ccc(Cl)cc21. The maximum absolute atomic E-state index is 13.2. The van der Waals surface area contributed by atoms with Gasteiger partial charge in [0.15, 0.2) is 0 Å². The molecule has 0 radical (unpaired) electrons. The third kappa shape index (κ3) is 4.98. The van der Waals surface area contributed by atoms with Crippen molar-refractivity contribution >= 4 is 97.5 Å². The van der Waals surface area contributed by atoms with Crippen molar-refractivity contribution in [2.75, 3.05) is 18.0 Å². The van der Waals surface area contributed by atoms with Crippen molar-refractivity contribution in [1.29, 1.82) is 0 Å². The largest absolute Gasteiger partial charge is 0.480 e. The molecule has 1 saturated heterocycles. The second-order valence-electron chi connectivity index (χ2n) is 7.63. The highest BCUT2D eigenvalue weighted by atomic mass is 35.5. The van der Waals surface area contributed by atoms with E-state index in [1.165, 1.54) is 11.8 Å². The van der Waals surface area contributed by atoms with Crippen LogP contribution in [0.5, 0.6) is 0 Å². The number of hydrogen-bond donors (Lipinski definition) is 2. The predicted molar refractivity (Wildman–Crippen MR) is 146 cm³/mol. The minimum Gasteiger partial charge on any atom is -0.480 e. The zero-order valence-electron chi connectivity index (χ0n) is 18.8. The van der Waals surface area contributed by atoms with E-state index < -0.39 is 36.5 Å². The molecule has 1 aromatic heterocycles. The summed E-state index contributed by atoms with van der Waals surface area (Å²) in [6.07, 6.45) is 1.67. The molecular weight excluding hydrogens is 566 g/mol. The van der Waals surface area contributed by atoms with Crippen LogP contribution >= 0.6 is 58.7 Å². The first-order valence-electron chi connectivity index (χ1n) is 10.4. The highest BCUT2D eigenvalue weighted by molar-refractivity contribution is 8.30. The van der Waals surface area contributed by atoms with Crippen LogP contribution in [-0.2, 0) is 20.9 Å². The second kappa shape index (κ2) is 10.4. The van der Waals surface area contributed by atoms with Crippen molar-refractivity contribution in [3.63, 3.8) is 0 Å². The molecule has 1 aromatic carbocycles. The molecule has 0 aliphatic carbocycles. The number of aliphatic carboxylic acids is 2. The Balaban J connectivity index is 1.88. The average Bonchev–Trinajstić information content (AvgIpc) is 3.41. The van der Waals surface area contributed by atoms with Gasteiger partial charge in [-0.2, -0.15) is 0 Å². The lowest BCUT2D eigenvalue weighted by atomic mass is 10.2. The van der Waals surface area contributed by atoms with Crippen LogP contribution in [0.3, 0.4) is 0 Å². The van der Waals surface area contributed by atoms with Gasteiger partial charge in [0.25, 0.3) is 11.5 Å². The van der Waals surface area contributed by atoms with Gasteiger partial charge in [-0.05, 0) is 43.7 Å². The number of thiocarbonyl (C=S) groups is 1. The third-order valence-corrected chi connectivity index (χ3v) is 9.44. The maximum Gasteiger partial charge on any atom is 0.323 e. The molecule has 0 atom stereocenters. The fraction of sp³-hybridized carbons (Fsp3) is 0.227. The second-order valence-corrected chi connectivity index (χ2v) is 11.8. The lowest BCUT2D eigenvalue weighted by molar-refractivity contribution is -0.140. The van der Waals surface area contributed by atoms with Gasteiger partial charge in [-0.15, -0.1) is 11.3 Å². The van der Waals surface area contributed by atoms with Gasteiger partial charge in [-0.25, -0.2) is 0 Å². The van der Waals surface area contributed by atoms with Crippen LogP contribution in [0.2, 0.25) is 5.02 Å². The molecule has 2 aromatic rings. The fourth-order valence-corrected chi connectivity index (χ4v) is 7.58. The molecule has 2 N–H and O–H groups in total. The number of carbonyl (C=O) groups excluding carboxylic acids is 1. The van der Waals surface area contributed by atoms with Crippen LogP contribution in [0, 0.1) is 0 Å². The van der Waals surface area contributed by atoms with E-state index in [-0.39, 0.29) is 18.4 Å². The molecular formula is C22H18ClN3O6S4. The molecule has 0 saturated carbocycles. The van der Waals surface area contributed by atoms with Gasteiger partial charge in [-0.3, -0.25) is 28.6 Å². The van der Waals surface area contributed by atoms with Gasteiger partial charge in [0.1, 0.15) is 27.0 Å². The molecule has 14 heteroatoms. The number of rotatable bonds is 6. The minimum atomic E-state index is -1.25. The highest BCUT2D eigenvalue weighted by Gasteiger charge is 2.35. The lowest BCUT2D eigenvalue weighted by Crippen LogP contribution is -2.36. The Hall–Kier alpha value is -2.58. The lowest BCUT2D eigenvalue weighted by Gasteiger charge is -2.19. The van der Waals surface area contributed by atoms with Gasteiger partial charge in [-0.1, -0.05) is 47.3 Å². The third-order valence-electron chi connectivity index (χ3n) is 5.20. The van der Waals surface area contributed by atoms with Gasteiger partial charge in [0.05, 0.1) is 15.2 Å². The van der Waals surface area contributed by atoms with Gasteiger partial charge in [0.2, 0.25) is 0 Å². The quantitative estimate of drug-likeness (QED) is 0.490. The standard InChI is InChI=1S/C22H18ClN3O6S4/c1-3-24-12-7-11(23)4-5-13(12)34-20(24)10(2)6-14-18(31)25(8-15(27)28)21(35-14)17-19(32)26(9-16(29)30)22(33)36-17/h4-7H,3,8-9H2,1-2H3,(H,27,28)(H,29,30)/b14-6+,20-10-,21-17-. The Labute approximate surface area is 227 Å². The molecule has 2 aliphatic heterocycles. The molecule has 4 rings (SSSR count). The number of fused-ring (bicyclic) bond motifs is 1. The van der Waals surface area contributed by atoms with E-state index in [2.05, 4.69) is 4.90 Å². The minimum absolute atomic E-state index is 0.0290. The van der Waals surface area contributed by atoms with E-state index in [0.29, 0.717) is 11.6 Å². The number of thiazole rings is 1. The molecule has 188 valence electrons. The number of carboxylic acid groups (broad SMARTS) is 2. The summed E-state index contributed by atoms with van der Waals surface area (Å²) >= 11 is 14.7. The number of thioether (sulfide) groups is 2. The number of hydrogen-bond acceptors (Lipinski definition) is 9. The smallest absolute Gasteiger partial charge is 0.323 e. The first-order valence-corrected chi connectivity index (χ1v) is 13.6. The molecule has 2 aliphatic rings. The molecule has 0 unspecified atom stereocenters. The summed E-state index contributed by atoms with van der Waals surface area (Å²) < 4.78 is 1.41. The summed E-state index contributed by atoms with van der Waals surface area (Å²) in [5.41, 5.74) is 1.18. The van der Waals surface area contributed by atoms with E-state index in [1.807, 2.05) is 32.0 Å². The van der Waals surface area contributed by atoms with Gasteiger partial charge in [0, 0.05) is 16.5 Å². The average molecular weight is 584 g/mol. The number of anilines is 1. The topological polar surface area (TPSA) is 120 Å². The zero-order chi connectivity index (χ0) is 26.3. The Morgan fingerprint density at radius 1 is 1.11 bits per heavy atom. The number of benzene rings is 1. The number of carbonyl (C=O) groups is 3. The zero-order valence-corrected chi connectivity index (χ0v) is 22.8. The Morgan fingerprint density at radius 3 is 2.44 bits per heavy atom. The Bertz CT molecular complexity index is 1540. The van der Waals surface area contributed by atoms with Crippen LogP contribution in [0.25, 0.3) is 11.0 Å². The van der Waals surface area contributed by atoms with Crippen molar-refractivity contribution < 1.29 is 24.6 Å². The molecule has 0 spiro atoms. The number of aromatic nitrogens is 1. The molecule has 3 heterocycles. The van der Waals surface area contributed by atoms with Crippen molar-refractivity contribution in [3.05, 3.63) is 53.4 Å². The van der Waals surface area contributed by atoms with E-state index in [4.69, 9.17) is 28.9 Å². The van der Waals surface area contributed by atoms with Crippen LogP contribution in [-0.4, -0.2) is 54.9 Å². The maximum atomic E-state index is 13.2. The first kappa shape index (κ1) is 26.5. The Kier molecular flexibility index (Phi) is 7.67. The predicted octanol–water partition coefficient (Wildman–Crippen LogP) is 2.35. The first-order chi connectivity index (χ1) is 17.0. The van der Waals surface area contributed by atoms with Crippen LogP contribution in [0.15, 0.2) is 38.5 Å². The van der Waals surface area contributed by atoms with E-state index in [1.54, 1.807) is 6.08 Å². The van der Waals surface area contributed by atoms with Crippen molar-refractivity contribution in [1.82, 2.24) is 9.47 Å². The number of carboxylic acids is 2. The normalized spacial score (nSPS) is 18.8. The van der Waals surface area contributed by atoms with E-state index >= 15 is 0 Å². The summed E-state index contributed by atoms with van der Waals surface area (Å²) in [7, 11) is 0. The Morgan fingerprint density at radius 2 is 1.81 bits per heavy atom. The summed E-state index contributed by atoms with van der Waals surface area (Å²) in [6.45, 7) is 3.24. The van der Waals surface area contributed by atoms with E-state index in [9.17, 15) is 24.3 Å². The summed E-state index contributed by atoms with van der Waals surface area (Å²) in [6, 6.07) is 5.62. The summed E-state index contributed by atoms with van der Waals surface area (Å²) in [5, 5.41) is 20.0. The number of nitrogens with zero attached hydrogens (tertiary/aromatic N) is 3. The molecule has 9 nitrogen and oxygen atoms in total. The molecule has 1 amide bonds. The van der Waals surface area contributed by atoms with Crippen LogP contribution in [0.4, 0.5) is 5.69 Å². The summed E-state index contributed by atoms with van der Waals surface area (Å²) in [4.78, 5) is 52.8. The monoisotopic (exact) mass is 583 g/mol. The van der Waals surface area contributed by atoms with Crippen molar-refractivity contribution in [2.24, 2.45) is 0 Å². The van der Waals surface area contributed by atoms with Crippen LogP contribution in [0.1, 0.15) is 13.8 Å².